The van der Waals surface area contributed by atoms with Gasteiger partial charge in [0.05, 0.1) is 0 Å². The molecule has 1 saturated carbocycles. The van der Waals surface area contributed by atoms with Crippen LogP contribution in [0, 0.1) is 0 Å². The number of hydrogen-bond acceptors (Lipinski definition) is 2. The summed E-state index contributed by atoms with van der Waals surface area (Å²) in [4.78, 5) is 12.7. The van der Waals surface area contributed by atoms with Crippen LogP contribution < -0.4 is 4.46 Å². The quantitative estimate of drug-likeness (QED) is 0.628. The summed E-state index contributed by atoms with van der Waals surface area (Å²) in [5.74, 6) is -0.184. The second-order valence-corrected chi connectivity index (χ2v) is 7.96. The van der Waals surface area contributed by atoms with Crippen LogP contribution in [0.5, 0.6) is 0 Å². The molecule has 2 atom stereocenters. The van der Waals surface area contributed by atoms with Crippen molar-refractivity contribution < 1.29 is 9.53 Å². The van der Waals surface area contributed by atoms with E-state index in [1.165, 1.54) is 10.9 Å². The SMILES string of the molecule is O=C(OC1CCCC1[Se]c1ccccc1)c1ccccc1. The number of rotatable bonds is 4. The first kappa shape index (κ1) is 14.4. The summed E-state index contributed by atoms with van der Waals surface area (Å²) in [7, 11) is 0. The van der Waals surface area contributed by atoms with E-state index in [4.69, 9.17) is 4.74 Å². The van der Waals surface area contributed by atoms with Gasteiger partial charge in [-0.15, -0.1) is 0 Å². The number of carbonyl (C=O) groups excluding carboxylic acids is 1. The maximum absolute atomic E-state index is 12.2. The molecule has 0 aliphatic heterocycles. The average Bonchev–Trinajstić information content (AvgIpc) is 2.96. The molecule has 0 amide bonds. The minimum absolute atomic E-state index is 0.0814. The van der Waals surface area contributed by atoms with Crippen LogP contribution in [0.1, 0.15) is 29.6 Å². The normalized spacial score (nSPS) is 21.1. The number of ether oxygens (including phenoxy) is 1. The second-order valence-electron chi connectivity index (χ2n) is 5.21. The van der Waals surface area contributed by atoms with E-state index in [1.54, 1.807) is 0 Å². The number of benzene rings is 2. The van der Waals surface area contributed by atoms with Gasteiger partial charge in [-0.05, 0) is 0 Å². The molecule has 2 nitrogen and oxygen atoms in total. The monoisotopic (exact) mass is 346 g/mol. The predicted molar refractivity (Wildman–Crippen MR) is 85.1 cm³/mol. The molecule has 2 aromatic carbocycles. The second kappa shape index (κ2) is 6.93. The summed E-state index contributed by atoms with van der Waals surface area (Å²) < 4.78 is 7.15. The first-order valence-corrected chi connectivity index (χ1v) is 9.15. The van der Waals surface area contributed by atoms with Crippen LogP contribution in [0.25, 0.3) is 0 Å². The molecule has 1 fully saturated rings. The molecule has 0 N–H and O–H groups in total. The van der Waals surface area contributed by atoms with E-state index >= 15 is 0 Å². The van der Waals surface area contributed by atoms with E-state index in [-0.39, 0.29) is 12.1 Å². The van der Waals surface area contributed by atoms with Crippen LogP contribution in [-0.4, -0.2) is 27.0 Å². The Labute approximate surface area is 131 Å². The number of carbonyl (C=O) groups is 1. The van der Waals surface area contributed by atoms with Crippen molar-refractivity contribution in [1.82, 2.24) is 0 Å². The van der Waals surface area contributed by atoms with Gasteiger partial charge in [-0.2, -0.15) is 0 Å². The van der Waals surface area contributed by atoms with Gasteiger partial charge in [0.25, 0.3) is 0 Å². The zero-order chi connectivity index (χ0) is 14.5. The van der Waals surface area contributed by atoms with Crippen molar-refractivity contribution in [2.45, 2.75) is 30.2 Å². The molecule has 108 valence electrons. The molecule has 3 heteroatoms. The summed E-state index contributed by atoms with van der Waals surface area (Å²) in [6.07, 6.45) is 3.41. The van der Waals surface area contributed by atoms with Gasteiger partial charge in [0.1, 0.15) is 0 Å². The van der Waals surface area contributed by atoms with E-state index < -0.39 is 0 Å². The fourth-order valence-electron chi connectivity index (χ4n) is 2.62. The van der Waals surface area contributed by atoms with Gasteiger partial charge in [-0.25, -0.2) is 0 Å². The Morgan fingerprint density at radius 3 is 2.33 bits per heavy atom. The predicted octanol–water partition coefficient (Wildman–Crippen LogP) is 3.21. The molecule has 1 aliphatic carbocycles. The third-order valence-corrected chi connectivity index (χ3v) is 6.60. The fourth-order valence-corrected chi connectivity index (χ4v) is 5.33. The van der Waals surface area contributed by atoms with E-state index in [1.807, 2.05) is 36.4 Å². The Balaban J connectivity index is 1.63. The average molecular weight is 345 g/mol. The third-order valence-electron chi connectivity index (χ3n) is 3.69. The molecule has 0 radical (unpaired) electrons. The van der Waals surface area contributed by atoms with Crippen LogP contribution in [0.3, 0.4) is 0 Å². The van der Waals surface area contributed by atoms with Crippen LogP contribution in [-0.2, 0) is 4.74 Å². The molecule has 0 bridgehead atoms. The number of esters is 1. The van der Waals surface area contributed by atoms with Crippen molar-refractivity contribution in [1.29, 1.82) is 0 Å². The summed E-state index contributed by atoms with van der Waals surface area (Å²) in [6.45, 7) is 0. The van der Waals surface area contributed by atoms with Crippen LogP contribution >= 0.6 is 0 Å². The van der Waals surface area contributed by atoms with E-state index in [0.717, 1.165) is 12.8 Å². The van der Waals surface area contributed by atoms with Gasteiger partial charge in [0, 0.05) is 0 Å². The Morgan fingerprint density at radius 2 is 1.62 bits per heavy atom. The van der Waals surface area contributed by atoms with Gasteiger partial charge >= 0.3 is 131 Å². The summed E-state index contributed by atoms with van der Waals surface area (Å²) >= 11 is 0.374. The maximum atomic E-state index is 12.2. The molecule has 1 aliphatic rings. The summed E-state index contributed by atoms with van der Waals surface area (Å²) in [6, 6.07) is 19.8. The first-order chi connectivity index (χ1) is 10.3. The van der Waals surface area contributed by atoms with Crippen molar-refractivity contribution in [3.63, 3.8) is 0 Å². The van der Waals surface area contributed by atoms with Crippen molar-refractivity contribution in [3.05, 3.63) is 66.2 Å². The van der Waals surface area contributed by atoms with Crippen LogP contribution in [0.2, 0.25) is 4.82 Å². The van der Waals surface area contributed by atoms with Crippen molar-refractivity contribution >= 4 is 25.4 Å². The molecule has 3 rings (SSSR count). The molecule has 21 heavy (non-hydrogen) atoms. The summed E-state index contributed by atoms with van der Waals surface area (Å²) in [5.41, 5.74) is 0.648. The van der Waals surface area contributed by atoms with Crippen molar-refractivity contribution in [2.75, 3.05) is 0 Å². The Morgan fingerprint density at radius 1 is 0.952 bits per heavy atom. The molecular weight excluding hydrogens is 327 g/mol. The Hall–Kier alpha value is -1.57. The molecule has 2 aromatic rings. The zero-order valence-corrected chi connectivity index (χ0v) is 13.5. The topological polar surface area (TPSA) is 26.3 Å². The van der Waals surface area contributed by atoms with E-state index in [9.17, 15) is 4.79 Å². The minimum atomic E-state index is -0.184. The molecule has 0 saturated heterocycles. The summed E-state index contributed by atoms with van der Waals surface area (Å²) in [5, 5.41) is 0. The zero-order valence-electron chi connectivity index (χ0n) is 11.8. The fraction of sp³-hybridized carbons (Fsp3) is 0.278. The van der Waals surface area contributed by atoms with Gasteiger partial charge in [0.15, 0.2) is 0 Å². The van der Waals surface area contributed by atoms with E-state index in [0.29, 0.717) is 25.3 Å². The molecule has 0 aromatic heterocycles. The first-order valence-electron chi connectivity index (χ1n) is 7.30. The Bertz CT molecular complexity index is 583. The van der Waals surface area contributed by atoms with Gasteiger partial charge in [-0.1, -0.05) is 0 Å². The standard InChI is InChI=1S/C18H18O2Se/c19-18(14-8-3-1-4-9-14)20-16-12-7-13-17(16)21-15-10-5-2-6-11-15/h1-6,8-11,16-17H,7,12-13H2. The molecule has 0 heterocycles. The van der Waals surface area contributed by atoms with Crippen LogP contribution in [0.15, 0.2) is 60.7 Å². The van der Waals surface area contributed by atoms with Gasteiger partial charge in [0.2, 0.25) is 0 Å². The number of hydrogen-bond donors (Lipinski definition) is 0. The third kappa shape index (κ3) is 3.75. The Kier molecular flexibility index (Phi) is 4.74. The van der Waals surface area contributed by atoms with E-state index in [2.05, 4.69) is 24.3 Å². The van der Waals surface area contributed by atoms with Gasteiger partial charge in [-0.3, -0.25) is 0 Å². The molecular formula is C18H18O2Se. The molecule has 0 spiro atoms. The molecule has 2 unspecified atom stereocenters. The van der Waals surface area contributed by atoms with Gasteiger partial charge < -0.3 is 0 Å². The van der Waals surface area contributed by atoms with Crippen LogP contribution in [0.4, 0.5) is 0 Å². The van der Waals surface area contributed by atoms with Crippen molar-refractivity contribution in [3.8, 4) is 0 Å². The van der Waals surface area contributed by atoms with Crippen molar-refractivity contribution in [2.24, 2.45) is 0 Å².